The van der Waals surface area contributed by atoms with E-state index in [4.69, 9.17) is 0 Å². The first kappa shape index (κ1) is 8.37. The van der Waals surface area contributed by atoms with Crippen molar-refractivity contribution in [2.45, 2.75) is 12.8 Å². The highest BCUT2D eigenvalue weighted by atomic mass is 32.2. The van der Waals surface area contributed by atoms with E-state index in [-0.39, 0.29) is 0 Å². The lowest BCUT2D eigenvalue weighted by Gasteiger charge is -2.22. The summed E-state index contributed by atoms with van der Waals surface area (Å²) >= 11 is 1.72. The van der Waals surface area contributed by atoms with Gasteiger partial charge in [0.05, 0.1) is 0 Å². The Kier molecular flexibility index (Phi) is 4.18. The highest BCUT2D eigenvalue weighted by Gasteiger charge is 2.11. The molecule has 1 heterocycles. The molecule has 1 unspecified atom stereocenters. The van der Waals surface area contributed by atoms with Gasteiger partial charge >= 0.3 is 0 Å². The Morgan fingerprint density at radius 2 is 2.60 bits per heavy atom. The highest BCUT2D eigenvalue weighted by Crippen LogP contribution is 2.08. The molecule has 1 aliphatic heterocycles. The normalized spacial score (nSPS) is 26.7. The second-order valence-corrected chi connectivity index (χ2v) is 3.46. The van der Waals surface area contributed by atoms with Gasteiger partial charge in [-0.25, -0.2) is 0 Å². The van der Waals surface area contributed by atoms with E-state index in [0.717, 1.165) is 12.5 Å². The first-order chi connectivity index (χ1) is 4.93. The van der Waals surface area contributed by atoms with Gasteiger partial charge in [-0.3, -0.25) is 4.72 Å². The van der Waals surface area contributed by atoms with Crippen molar-refractivity contribution in [3.05, 3.63) is 0 Å². The summed E-state index contributed by atoms with van der Waals surface area (Å²) in [5.41, 5.74) is 0. The summed E-state index contributed by atoms with van der Waals surface area (Å²) in [6, 6.07) is 0. The summed E-state index contributed by atoms with van der Waals surface area (Å²) in [6.07, 6.45) is 4.82. The summed E-state index contributed by atoms with van der Waals surface area (Å²) in [7, 11) is 0. The molecule has 10 heavy (non-hydrogen) atoms. The maximum atomic E-state index is 3.39. The van der Waals surface area contributed by atoms with Crippen molar-refractivity contribution < 1.29 is 0 Å². The summed E-state index contributed by atoms with van der Waals surface area (Å²) in [5.74, 6) is 0.862. The van der Waals surface area contributed by atoms with Crippen LogP contribution in [0.5, 0.6) is 0 Å². The molecule has 3 heteroatoms. The lowest BCUT2D eigenvalue weighted by molar-refractivity contribution is 0.379. The molecule has 2 N–H and O–H groups in total. The topological polar surface area (TPSA) is 24.1 Å². The molecule has 0 radical (unpaired) electrons. The fraction of sp³-hybridized carbons (Fsp3) is 1.00. The minimum absolute atomic E-state index is 0.862. The molecule has 0 bridgehead atoms. The fourth-order valence-electron chi connectivity index (χ4n) is 1.30. The van der Waals surface area contributed by atoms with Gasteiger partial charge in [0.1, 0.15) is 0 Å². The number of piperidine rings is 1. The third-order valence-electron chi connectivity index (χ3n) is 1.92. The van der Waals surface area contributed by atoms with Gasteiger partial charge < -0.3 is 5.32 Å². The lowest BCUT2D eigenvalue weighted by Crippen LogP contribution is -2.34. The molecular formula is C7H16N2S. The zero-order chi connectivity index (χ0) is 7.23. The van der Waals surface area contributed by atoms with Crippen LogP contribution in [0.1, 0.15) is 12.8 Å². The zero-order valence-electron chi connectivity index (χ0n) is 6.52. The third kappa shape index (κ3) is 2.90. The van der Waals surface area contributed by atoms with Crippen LogP contribution >= 0.6 is 11.9 Å². The molecule has 0 aromatic rings. The Labute approximate surface area is 67.3 Å². The maximum absolute atomic E-state index is 3.39. The van der Waals surface area contributed by atoms with Crippen molar-refractivity contribution in [2.75, 3.05) is 25.9 Å². The minimum atomic E-state index is 0.862. The quantitative estimate of drug-likeness (QED) is 0.599. The van der Waals surface area contributed by atoms with Crippen LogP contribution in [0.4, 0.5) is 0 Å². The number of hydrogen-bond acceptors (Lipinski definition) is 3. The van der Waals surface area contributed by atoms with Crippen LogP contribution < -0.4 is 10.0 Å². The predicted octanol–water partition coefficient (Wildman–Crippen LogP) is 0.854. The Balaban J connectivity index is 2.02. The lowest BCUT2D eigenvalue weighted by atomic mass is 10.0. The van der Waals surface area contributed by atoms with Crippen LogP contribution in [0.2, 0.25) is 0 Å². The second-order valence-electron chi connectivity index (χ2n) is 2.76. The highest BCUT2D eigenvalue weighted by molar-refractivity contribution is 7.96. The van der Waals surface area contributed by atoms with Crippen molar-refractivity contribution in [3.63, 3.8) is 0 Å². The molecule has 0 aliphatic carbocycles. The van der Waals surface area contributed by atoms with Gasteiger partial charge in [0, 0.05) is 6.54 Å². The van der Waals surface area contributed by atoms with Crippen LogP contribution in [0.25, 0.3) is 0 Å². The smallest absolute Gasteiger partial charge is 0.00989 e. The fourth-order valence-corrected chi connectivity index (χ4v) is 1.70. The van der Waals surface area contributed by atoms with E-state index in [1.807, 2.05) is 0 Å². The van der Waals surface area contributed by atoms with Crippen LogP contribution in [0.3, 0.4) is 0 Å². The van der Waals surface area contributed by atoms with Crippen LogP contribution in [-0.2, 0) is 0 Å². The SMILES string of the molecule is CSNCC1CCCNC1. The van der Waals surface area contributed by atoms with E-state index < -0.39 is 0 Å². The molecule has 60 valence electrons. The van der Waals surface area contributed by atoms with Gasteiger partial charge in [0.25, 0.3) is 0 Å². The van der Waals surface area contributed by atoms with E-state index in [9.17, 15) is 0 Å². The van der Waals surface area contributed by atoms with Gasteiger partial charge in [0.2, 0.25) is 0 Å². The molecular weight excluding hydrogens is 144 g/mol. The summed E-state index contributed by atoms with van der Waals surface area (Å²) < 4.78 is 3.29. The van der Waals surface area contributed by atoms with Crippen molar-refractivity contribution in [3.8, 4) is 0 Å². The second kappa shape index (κ2) is 4.99. The minimum Gasteiger partial charge on any atom is -0.316 e. The van der Waals surface area contributed by atoms with Gasteiger partial charge in [-0.15, -0.1) is 0 Å². The van der Waals surface area contributed by atoms with E-state index in [1.165, 1.54) is 25.9 Å². The average Bonchev–Trinajstić information content (AvgIpc) is 2.03. The standard InChI is InChI=1S/C7H16N2S/c1-10-9-6-7-3-2-4-8-5-7/h7-9H,2-6H2,1H3. The van der Waals surface area contributed by atoms with E-state index in [1.54, 1.807) is 11.9 Å². The molecule has 1 aliphatic rings. The largest absolute Gasteiger partial charge is 0.316 e. The molecule has 0 spiro atoms. The van der Waals surface area contributed by atoms with Crippen LogP contribution in [0, 0.1) is 5.92 Å². The predicted molar refractivity (Wildman–Crippen MR) is 47.1 cm³/mol. The third-order valence-corrected chi connectivity index (χ3v) is 2.37. The van der Waals surface area contributed by atoms with Gasteiger partial charge in [0.15, 0.2) is 0 Å². The zero-order valence-corrected chi connectivity index (χ0v) is 7.34. The monoisotopic (exact) mass is 160 g/mol. The Morgan fingerprint density at radius 1 is 1.70 bits per heavy atom. The molecule has 0 aromatic carbocycles. The molecule has 2 nitrogen and oxygen atoms in total. The Bertz CT molecular complexity index is 81.7. The summed E-state index contributed by atoms with van der Waals surface area (Å²) in [4.78, 5) is 0. The van der Waals surface area contributed by atoms with Crippen molar-refractivity contribution in [1.29, 1.82) is 0 Å². The number of rotatable bonds is 3. The van der Waals surface area contributed by atoms with Crippen molar-refractivity contribution >= 4 is 11.9 Å². The summed E-state index contributed by atoms with van der Waals surface area (Å²) in [6.45, 7) is 3.58. The average molecular weight is 160 g/mol. The molecule has 0 saturated carbocycles. The first-order valence-corrected chi connectivity index (χ1v) is 5.12. The van der Waals surface area contributed by atoms with Gasteiger partial charge in [-0.1, -0.05) is 11.9 Å². The van der Waals surface area contributed by atoms with Crippen LogP contribution in [0.15, 0.2) is 0 Å². The molecule has 1 atom stereocenters. The van der Waals surface area contributed by atoms with Crippen molar-refractivity contribution in [1.82, 2.24) is 10.0 Å². The first-order valence-electron chi connectivity index (χ1n) is 3.90. The summed E-state index contributed by atoms with van der Waals surface area (Å²) in [5, 5.41) is 3.39. The number of hydrogen-bond donors (Lipinski definition) is 2. The number of nitrogens with one attached hydrogen (secondary N) is 2. The van der Waals surface area contributed by atoms with E-state index in [0.29, 0.717) is 0 Å². The molecule has 1 rings (SSSR count). The maximum Gasteiger partial charge on any atom is 0.00989 e. The Hall–Kier alpha value is 0.270. The van der Waals surface area contributed by atoms with E-state index >= 15 is 0 Å². The molecule has 0 amide bonds. The van der Waals surface area contributed by atoms with Crippen LogP contribution in [-0.4, -0.2) is 25.9 Å². The Morgan fingerprint density at radius 3 is 3.20 bits per heavy atom. The van der Waals surface area contributed by atoms with Gasteiger partial charge in [-0.05, 0) is 38.1 Å². The van der Waals surface area contributed by atoms with Gasteiger partial charge in [-0.2, -0.15) is 0 Å². The molecule has 1 fully saturated rings. The molecule has 0 aromatic heterocycles. The van der Waals surface area contributed by atoms with Crippen molar-refractivity contribution in [2.24, 2.45) is 5.92 Å². The van der Waals surface area contributed by atoms with E-state index in [2.05, 4.69) is 16.3 Å². The molecule has 1 saturated heterocycles.